The Morgan fingerprint density at radius 1 is 1.06 bits per heavy atom. The van der Waals surface area contributed by atoms with Crippen molar-refractivity contribution in [3.8, 4) is 23.0 Å². The van der Waals surface area contributed by atoms with E-state index >= 15 is 0 Å². The van der Waals surface area contributed by atoms with Crippen LogP contribution in [-0.2, 0) is 9.53 Å². The van der Waals surface area contributed by atoms with E-state index in [1.165, 1.54) is 20.3 Å². The Kier molecular flexibility index (Phi) is 9.29. The van der Waals surface area contributed by atoms with Crippen LogP contribution < -0.4 is 24.3 Å². The predicted octanol–water partition coefficient (Wildman–Crippen LogP) is 4.80. The molecule has 0 bridgehead atoms. The van der Waals surface area contributed by atoms with Crippen molar-refractivity contribution in [2.45, 2.75) is 13.5 Å². The standard InChI is InChI=1S/C22H22ClF2NO7/c1-5-32-20-14(23)8-12(9-18(20)30-3)6-7-19(27)26-15-11-17(33-22(24)25)16(29-2)10-13(15)21(28)31-4/h6-11,22H,5H2,1-4H3,(H,26,27)/b7-6+. The van der Waals surface area contributed by atoms with Gasteiger partial charge in [-0.15, -0.1) is 0 Å². The van der Waals surface area contributed by atoms with Crippen molar-refractivity contribution in [2.75, 3.05) is 33.3 Å². The van der Waals surface area contributed by atoms with Crippen molar-refractivity contribution in [3.05, 3.63) is 46.5 Å². The van der Waals surface area contributed by atoms with Crippen molar-refractivity contribution < 1.29 is 42.1 Å². The number of ether oxygens (including phenoxy) is 5. The summed E-state index contributed by atoms with van der Waals surface area (Å²) in [6.45, 7) is -0.964. The summed E-state index contributed by atoms with van der Waals surface area (Å²) in [6, 6.07) is 5.35. The molecule has 1 amide bonds. The first kappa shape index (κ1) is 25.7. The molecule has 1 N–H and O–H groups in total. The first-order valence-electron chi connectivity index (χ1n) is 9.48. The number of anilines is 1. The Hall–Kier alpha value is -3.53. The van der Waals surface area contributed by atoms with Gasteiger partial charge in [0.2, 0.25) is 5.91 Å². The maximum atomic E-state index is 12.7. The number of rotatable bonds is 10. The monoisotopic (exact) mass is 485 g/mol. The fourth-order valence-corrected chi connectivity index (χ4v) is 3.03. The van der Waals surface area contributed by atoms with Crippen LogP contribution in [-0.4, -0.2) is 46.4 Å². The molecule has 0 aliphatic rings. The van der Waals surface area contributed by atoms with Crippen molar-refractivity contribution in [2.24, 2.45) is 0 Å². The number of esters is 1. The SMILES string of the molecule is CCOc1c(Cl)cc(/C=C/C(=O)Nc2cc(OC(F)F)c(OC)cc2C(=O)OC)cc1OC. The number of carbonyl (C=O) groups excluding carboxylic acids is 2. The molecule has 0 atom stereocenters. The average Bonchev–Trinajstić information content (AvgIpc) is 2.78. The number of alkyl halides is 2. The third-order valence-electron chi connectivity index (χ3n) is 4.15. The summed E-state index contributed by atoms with van der Waals surface area (Å²) in [4.78, 5) is 24.6. The van der Waals surface area contributed by atoms with Crippen LogP contribution in [0.3, 0.4) is 0 Å². The van der Waals surface area contributed by atoms with E-state index in [0.717, 1.165) is 25.3 Å². The van der Waals surface area contributed by atoms with Crippen molar-refractivity contribution in [1.29, 1.82) is 0 Å². The molecule has 33 heavy (non-hydrogen) atoms. The van der Waals surface area contributed by atoms with E-state index in [1.807, 2.05) is 0 Å². The molecule has 0 radical (unpaired) electrons. The topological polar surface area (TPSA) is 92.3 Å². The van der Waals surface area contributed by atoms with Gasteiger partial charge in [-0.2, -0.15) is 8.78 Å². The molecule has 2 aromatic carbocycles. The van der Waals surface area contributed by atoms with Crippen LogP contribution in [0.25, 0.3) is 6.08 Å². The number of nitrogens with one attached hydrogen (secondary N) is 1. The molecular formula is C22H22ClF2NO7. The zero-order valence-electron chi connectivity index (χ0n) is 18.2. The lowest BCUT2D eigenvalue weighted by Gasteiger charge is -2.15. The first-order chi connectivity index (χ1) is 15.7. The normalized spacial score (nSPS) is 10.8. The van der Waals surface area contributed by atoms with Gasteiger partial charge in [0.1, 0.15) is 0 Å². The Morgan fingerprint density at radius 3 is 2.33 bits per heavy atom. The van der Waals surface area contributed by atoms with Gasteiger partial charge in [-0.1, -0.05) is 11.6 Å². The smallest absolute Gasteiger partial charge is 0.387 e. The van der Waals surface area contributed by atoms with E-state index in [4.69, 9.17) is 25.8 Å². The highest BCUT2D eigenvalue weighted by atomic mass is 35.5. The molecule has 0 heterocycles. The summed E-state index contributed by atoms with van der Waals surface area (Å²) in [5.74, 6) is -1.25. The Balaban J connectivity index is 2.34. The molecule has 2 aromatic rings. The summed E-state index contributed by atoms with van der Waals surface area (Å²) in [5.41, 5.74) is 0.291. The van der Waals surface area contributed by atoms with Gasteiger partial charge < -0.3 is 29.0 Å². The van der Waals surface area contributed by atoms with Gasteiger partial charge in [0, 0.05) is 18.2 Å². The van der Waals surface area contributed by atoms with Gasteiger partial charge in [0.25, 0.3) is 0 Å². The second-order valence-electron chi connectivity index (χ2n) is 6.21. The molecule has 0 aliphatic carbocycles. The molecule has 0 aliphatic heterocycles. The van der Waals surface area contributed by atoms with Crippen LogP contribution in [0.5, 0.6) is 23.0 Å². The third-order valence-corrected chi connectivity index (χ3v) is 4.43. The van der Waals surface area contributed by atoms with Gasteiger partial charge in [-0.25, -0.2) is 4.79 Å². The third kappa shape index (κ3) is 6.72. The van der Waals surface area contributed by atoms with Crippen molar-refractivity contribution in [3.63, 3.8) is 0 Å². The van der Waals surface area contributed by atoms with E-state index in [9.17, 15) is 18.4 Å². The molecule has 11 heteroatoms. The Morgan fingerprint density at radius 2 is 1.76 bits per heavy atom. The first-order valence-corrected chi connectivity index (χ1v) is 9.86. The van der Waals surface area contributed by atoms with Gasteiger partial charge in [-0.05, 0) is 30.7 Å². The maximum Gasteiger partial charge on any atom is 0.387 e. The largest absolute Gasteiger partial charge is 0.493 e. The molecule has 0 unspecified atom stereocenters. The van der Waals surface area contributed by atoms with Gasteiger partial charge in [0.15, 0.2) is 23.0 Å². The van der Waals surface area contributed by atoms with Crippen molar-refractivity contribution >= 4 is 35.2 Å². The summed E-state index contributed by atoms with van der Waals surface area (Å²) in [6.07, 6.45) is 2.60. The number of amides is 1. The summed E-state index contributed by atoms with van der Waals surface area (Å²) >= 11 is 6.22. The van der Waals surface area contributed by atoms with Gasteiger partial charge in [0.05, 0.1) is 44.2 Å². The van der Waals surface area contributed by atoms with E-state index < -0.39 is 18.5 Å². The molecule has 0 saturated heterocycles. The number of hydrogen-bond donors (Lipinski definition) is 1. The average molecular weight is 486 g/mol. The highest BCUT2D eigenvalue weighted by Gasteiger charge is 2.20. The minimum atomic E-state index is -3.15. The van der Waals surface area contributed by atoms with E-state index in [2.05, 4.69) is 14.8 Å². The molecule has 0 aromatic heterocycles. The van der Waals surface area contributed by atoms with E-state index in [0.29, 0.717) is 23.7 Å². The molecule has 8 nitrogen and oxygen atoms in total. The zero-order chi connectivity index (χ0) is 24.5. The lowest BCUT2D eigenvalue weighted by atomic mass is 10.1. The van der Waals surface area contributed by atoms with Gasteiger partial charge >= 0.3 is 12.6 Å². The fourth-order valence-electron chi connectivity index (χ4n) is 2.76. The van der Waals surface area contributed by atoms with E-state index in [1.54, 1.807) is 19.1 Å². The lowest BCUT2D eigenvalue weighted by Crippen LogP contribution is -2.14. The summed E-state index contributed by atoms with van der Waals surface area (Å²) < 4.78 is 50.2. The van der Waals surface area contributed by atoms with Crippen LogP contribution in [0.4, 0.5) is 14.5 Å². The van der Waals surface area contributed by atoms with Crippen LogP contribution >= 0.6 is 11.6 Å². The minimum Gasteiger partial charge on any atom is -0.493 e. The van der Waals surface area contributed by atoms with Crippen molar-refractivity contribution in [1.82, 2.24) is 0 Å². The highest BCUT2D eigenvalue weighted by molar-refractivity contribution is 6.32. The summed E-state index contributed by atoms with van der Waals surface area (Å²) in [5, 5.41) is 2.73. The van der Waals surface area contributed by atoms with Crippen LogP contribution in [0, 0.1) is 0 Å². The van der Waals surface area contributed by atoms with Gasteiger partial charge in [-0.3, -0.25) is 4.79 Å². The lowest BCUT2D eigenvalue weighted by molar-refractivity contribution is -0.111. The molecule has 178 valence electrons. The highest BCUT2D eigenvalue weighted by Crippen LogP contribution is 2.37. The maximum absolute atomic E-state index is 12.7. The molecule has 2 rings (SSSR count). The second kappa shape index (κ2) is 11.9. The second-order valence-corrected chi connectivity index (χ2v) is 6.62. The predicted molar refractivity (Wildman–Crippen MR) is 118 cm³/mol. The number of hydrogen-bond acceptors (Lipinski definition) is 7. The Bertz CT molecular complexity index is 1040. The number of halogens is 3. The molecule has 0 spiro atoms. The fraction of sp³-hybridized carbons (Fsp3) is 0.273. The minimum absolute atomic E-state index is 0.116. The zero-order valence-corrected chi connectivity index (χ0v) is 19.0. The number of benzene rings is 2. The van der Waals surface area contributed by atoms with E-state index in [-0.39, 0.29) is 27.8 Å². The number of carbonyl (C=O) groups is 2. The molecule has 0 saturated carbocycles. The van der Waals surface area contributed by atoms with Crippen LogP contribution in [0.2, 0.25) is 5.02 Å². The van der Waals surface area contributed by atoms with Crippen LogP contribution in [0.15, 0.2) is 30.3 Å². The summed E-state index contributed by atoms with van der Waals surface area (Å²) in [7, 11) is 3.80. The number of methoxy groups -OCH3 is 3. The van der Waals surface area contributed by atoms with Crippen LogP contribution in [0.1, 0.15) is 22.8 Å². The Labute approximate surface area is 194 Å². The molecular weight excluding hydrogens is 464 g/mol. The quantitative estimate of drug-likeness (QED) is 0.382. The molecule has 0 fully saturated rings.